The molecular weight excluding hydrogens is 371 g/mol. The molecule has 1 aromatic carbocycles. The van der Waals surface area contributed by atoms with E-state index >= 15 is 0 Å². The van der Waals surface area contributed by atoms with Crippen LogP contribution in [-0.2, 0) is 16.0 Å². The van der Waals surface area contributed by atoms with E-state index in [0.29, 0.717) is 18.9 Å². The second-order valence-electron chi connectivity index (χ2n) is 9.32. The van der Waals surface area contributed by atoms with Crippen molar-refractivity contribution in [2.75, 3.05) is 13.1 Å². The first-order chi connectivity index (χ1) is 13.5. The highest BCUT2D eigenvalue weighted by molar-refractivity contribution is 5.86. The number of rotatable bonds is 4. The predicted molar refractivity (Wildman–Crippen MR) is 111 cm³/mol. The first kappa shape index (κ1) is 21.3. The molecule has 1 aliphatic heterocycles. The minimum atomic E-state index is -0.608. The van der Waals surface area contributed by atoms with Crippen molar-refractivity contribution < 1.29 is 18.7 Å². The van der Waals surface area contributed by atoms with Crippen LogP contribution in [-0.4, -0.2) is 41.6 Å². The lowest BCUT2D eigenvalue weighted by atomic mass is 9.87. The Labute approximate surface area is 172 Å². The van der Waals surface area contributed by atoms with Gasteiger partial charge >= 0.3 is 6.09 Å². The smallest absolute Gasteiger partial charge is 0.408 e. The third-order valence-corrected chi connectivity index (χ3v) is 5.34. The fraction of sp³-hybridized carbons (Fsp3) is 0.565. The van der Waals surface area contributed by atoms with Gasteiger partial charge in [0, 0.05) is 6.54 Å². The summed E-state index contributed by atoms with van der Waals surface area (Å²) >= 11 is 0. The molecule has 0 radical (unpaired) electrons. The lowest BCUT2D eigenvalue weighted by Gasteiger charge is -2.38. The average Bonchev–Trinajstić information content (AvgIpc) is 2.96. The highest BCUT2D eigenvalue weighted by Gasteiger charge is 2.37. The quantitative estimate of drug-likeness (QED) is 0.817. The molecule has 1 aliphatic carbocycles. The van der Waals surface area contributed by atoms with Gasteiger partial charge in [0.05, 0.1) is 6.04 Å². The lowest BCUT2D eigenvalue weighted by Crippen LogP contribution is -2.49. The average molecular weight is 403 g/mol. The molecule has 0 saturated carbocycles. The number of benzene rings is 1. The SMILES string of the molecule is CC(C)CC1C2=C(CCN1C(=O)CNC(=O)OC(C)(C)C)c1ccc(F)cc1C2. The van der Waals surface area contributed by atoms with Crippen molar-refractivity contribution in [3.63, 3.8) is 0 Å². The van der Waals surface area contributed by atoms with Crippen LogP contribution < -0.4 is 5.32 Å². The molecule has 158 valence electrons. The maximum absolute atomic E-state index is 13.7. The maximum atomic E-state index is 13.7. The molecular formula is C23H31FN2O3. The summed E-state index contributed by atoms with van der Waals surface area (Å²) in [6.45, 7) is 10.1. The number of nitrogens with one attached hydrogen (secondary N) is 1. The molecule has 2 amide bonds. The number of carbonyl (C=O) groups is 2. The van der Waals surface area contributed by atoms with Crippen LogP contribution in [0.5, 0.6) is 0 Å². The molecule has 0 bridgehead atoms. The minimum absolute atomic E-state index is 0.0258. The normalized spacial score (nSPS) is 18.6. The van der Waals surface area contributed by atoms with E-state index in [-0.39, 0.29) is 24.3 Å². The molecule has 0 aromatic heterocycles. The first-order valence-electron chi connectivity index (χ1n) is 10.3. The van der Waals surface area contributed by atoms with Crippen molar-refractivity contribution in [2.24, 2.45) is 5.92 Å². The molecule has 3 rings (SSSR count). The fourth-order valence-electron chi connectivity index (χ4n) is 4.26. The molecule has 0 fully saturated rings. The molecule has 5 nitrogen and oxygen atoms in total. The van der Waals surface area contributed by atoms with Crippen molar-refractivity contribution in [3.05, 3.63) is 40.7 Å². The topological polar surface area (TPSA) is 58.6 Å². The van der Waals surface area contributed by atoms with Gasteiger partial charge in [0.2, 0.25) is 5.91 Å². The summed E-state index contributed by atoms with van der Waals surface area (Å²) in [7, 11) is 0. The number of nitrogens with zero attached hydrogens (tertiary/aromatic N) is 1. The van der Waals surface area contributed by atoms with Gasteiger partial charge in [-0.2, -0.15) is 0 Å². The van der Waals surface area contributed by atoms with Gasteiger partial charge in [0.15, 0.2) is 0 Å². The summed E-state index contributed by atoms with van der Waals surface area (Å²) in [6.07, 6.45) is 1.68. The highest BCUT2D eigenvalue weighted by atomic mass is 19.1. The molecule has 0 saturated heterocycles. The summed E-state index contributed by atoms with van der Waals surface area (Å²) in [4.78, 5) is 26.7. The predicted octanol–water partition coefficient (Wildman–Crippen LogP) is 4.31. The number of ether oxygens (including phenoxy) is 1. The minimum Gasteiger partial charge on any atom is -0.444 e. The van der Waals surface area contributed by atoms with Gasteiger partial charge in [0.1, 0.15) is 18.0 Å². The molecule has 1 heterocycles. The van der Waals surface area contributed by atoms with Crippen LogP contribution in [0.25, 0.3) is 5.57 Å². The van der Waals surface area contributed by atoms with Crippen LogP contribution in [0.4, 0.5) is 9.18 Å². The Balaban J connectivity index is 1.75. The maximum Gasteiger partial charge on any atom is 0.408 e. The van der Waals surface area contributed by atoms with Crippen molar-refractivity contribution in [1.82, 2.24) is 10.2 Å². The lowest BCUT2D eigenvalue weighted by molar-refractivity contribution is -0.132. The summed E-state index contributed by atoms with van der Waals surface area (Å²) in [5.74, 6) is 0.0649. The zero-order valence-corrected chi connectivity index (χ0v) is 18.0. The third kappa shape index (κ3) is 4.98. The largest absolute Gasteiger partial charge is 0.444 e. The Kier molecular flexibility index (Phi) is 6.01. The Morgan fingerprint density at radius 2 is 2.03 bits per heavy atom. The molecule has 1 aromatic rings. The van der Waals surface area contributed by atoms with Crippen LogP contribution in [0.2, 0.25) is 0 Å². The van der Waals surface area contributed by atoms with Crippen LogP contribution in [0.3, 0.4) is 0 Å². The van der Waals surface area contributed by atoms with E-state index in [9.17, 15) is 14.0 Å². The van der Waals surface area contributed by atoms with Crippen molar-refractivity contribution in [1.29, 1.82) is 0 Å². The van der Waals surface area contributed by atoms with E-state index in [1.54, 1.807) is 26.8 Å². The third-order valence-electron chi connectivity index (χ3n) is 5.34. The number of halogens is 1. The molecule has 29 heavy (non-hydrogen) atoms. The van der Waals surface area contributed by atoms with Crippen LogP contribution in [0.15, 0.2) is 23.8 Å². The number of carbonyl (C=O) groups excluding carboxylic acids is 2. The zero-order valence-electron chi connectivity index (χ0n) is 18.0. The Hall–Kier alpha value is -2.37. The highest BCUT2D eigenvalue weighted by Crippen LogP contribution is 2.42. The van der Waals surface area contributed by atoms with Gasteiger partial charge in [-0.3, -0.25) is 4.79 Å². The monoisotopic (exact) mass is 402 g/mol. The van der Waals surface area contributed by atoms with E-state index in [1.165, 1.54) is 17.2 Å². The molecule has 1 N–H and O–H groups in total. The molecule has 0 spiro atoms. The summed E-state index contributed by atoms with van der Waals surface area (Å²) in [5.41, 5.74) is 3.99. The second kappa shape index (κ2) is 8.17. The van der Waals surface area contributed by atoms with E-state index in [4.69, 9.17) is 4.74 Å². The molecule has 1 unspecified atom stereocenters. The number of hydrogen-bond donors (Lipinski definition) is 1. The molecule has 6 heteroatoms. The summed E-state index contributed by atoms with van der Waals surface area (Å²) in [6, 6.07) is 4.95. The van der Waals surface area contributed by atoms with Crippen LogP contribution >= 0.6 is 0 Å². The van der Waals surface area contributed by atoms with Gasteiger partial charge in [-0.1, -0.05) is 19.9 Å². The number of fused-ring (bicyclic) bond motifs is 2. The van der Waals surface area contributed by atoms with Gasteiger partial charge in [-0.15, -0.1) is 0 Å². The Morgan fingerprint density at radius 3 is 2.69 bits per heavy atom. The number of amides is 2. The number of alkyl carbamates (subject to hydrolysis) is 1. The van der Waals surface area contributed by atoms with Crippen molar-refractivity contribution >= 4 is 17.6 Å². The van der Waals surface area contributed by atoms with Gasteiger partial charge < -0.3 is 15.0 Å². The second-order valence-corrected chi connectivity index (χ2v) is 9.32. The Bertz CT molecular complexity index is 839. The van der Waals surface area contributed by atoms with Crippen molar-refractivity contribution in [3.8, 4) is 0 Å². The zero-order chi connectivity index (χ0) is 21.3. The Morgan fingerprint density at radius 1 is 1.31 bits per heavy atom. The summed E-state index contributed by atoms with van der Waals surface area (Å²) in [5, 5.41) is 2.58. The molecule has 2 aliphatic rings. The van der Waals surface area contributed by atoms with E-state index in [2.05, 4.69) is 19.2 Å². The summed E-state index contributed by atoms with van der Waals surface area (Å²) < 4.78 is 18.9. The standard InChI is InChI=1S/C23H31FN2O3/c1-14(2)10-20-19-12-15-11-16(24)6-7-17(15)18(19)8-9-26(20)21(27)13-25-22(28)29-23(3,4)5/h6-7,11,14,20H,8-10,12-13H2,1-5H3,(H,25,28). The van der Waals surface area contributed by atoms with Gasteiger partial charge in [0.25, 0.3) is 0 Å². The van der Waals surface area contributed by atoms with E-state index in [0.717, 1.165) is 24.0 Å². The van der Waals surface area contributed by atoms with Crippen LogP contribution in [0, 0.1) is 11.7 Å². The van der Waals surface area contributed by atoms with Crippen molar-refractivity contribution in [2.45, 2.75) is 65.5 Å². The van der Waals surface area contributed by atoms with Gasteiger partial charge in [-0.25, -0.2) is 9.18 Å². The first-order valence-corrected chi connectivity index (χ1v) is 10.3. The van der Waals surface area contributed by atoms with E-state index < -0.39 is 11.7 Å². The van der Waals surface area contributed by atoms with E-state index in [1.807, 2.05) is 11.0 Å². The van der Waals surface area contributed by atoms with Gasteiger partial charge in [-0.05, 0) is 80.4 Å². The van der Waals surface area contributed by atoms with Crippen LogP contribution in [0.1, 0.15) is 58.6 Å². The molecule has 1 atom stereocenters. The fourth-order valence-corrected chi connectivity index (χ4v) is 4.26. The number of hydrogen-bond acceptors (Lipinski definition) is 3.